The fourth-order valence-corrected chi connectivity index (χ4v) is 0. The first-order valence-corrected chi connectivity index (χ1v) is 1.61. The van der Waals surface area contributed by atoms with E-state index in [-0.39, 0.29) is 26.9 Å². The average Bonchev–Trinajstić information content (AvgIpc) is 1.73. The second-order valence-electron chi connectivity index (χ2n) is 0.523. The zero-order valence-corrected chi connectivity index (χ0v) is 8.69. The molecule has 0 unspecified atom stereocenters. The zero-order chi connectivity index (χ0) is 6.28. The van der Waals surface area contributed by atoms with Crippen molar-refractivity contribution in [3.63, 3.8) is 0 Å². The van der Waals surface area contributed by atoms with Gasteiger partial charge in [0.25, 0.3) is 0 Å². The van der Waals surface area contributed by atoms with Crippen molar-refractivity contribution in [2.45, 2.75) is 0 Å². The number of carboxylic acid groups (broad SMARTS) is 1. The Morgan fingerprint density at radius 1 is 1.44 bits per heavy atom. The molecule has 0 heterocycles. The summed E-state index contributed by atoms with van der Waals surface area (Å²) in [6, 6.07) is 0. The SMILES string of the molecule is C=C.C=CC(=O)[O-].[CH3-].[Zn+2]. The van der Waals surface area contributed by atoms with Crippen molar-refractivity contribution in [2.75, 3.05) is 0 Å². The minimum absolute atomic E-state index is 0. The Kier molecular flexibility index (Phi) is 66.9. The summed E-state index contributed by atoms with van der Waals surface area (Å²) in [7, 11) is 0. The van der Waals surface area contributed by atoms with Gasteiger partial charge in [-0.3, -0.25) is 0 Å². The van der Waals surface area contributed by atoms with Crippen LogP contribution in [0.3, 0.4) is 0 Å². The van der Waals surface area contributed by atoms with Crippen LogP contribution in [0.25, 0.3) is 0 Å². The molecule has 3 heteroatoms. The predicted molar refractivity (Wildman–Crippen MR) is 32.9 cm³/mol. The maximum absolute atomic E-state index is 9.14. The summed E-state index contributed by atoms with van der Waals surface area (Å²) in [5.74, 6) is -1.23. The second-order valence-corrected chi connectivity index (χ2v) is 0.523. The molecule has 9 heavy (non-hydrogen) atoms. The van der Waals surface area contributed by atoms with Gasteiger partial charge in [-0.25, -0.2) is 0 Å². The molecule has 0 aliphatic carbocycles. The molecule has 0 N–H and O–H groups in total. The van der Waals surface area contributed by atoms with Crippen molar-refractivity contribution in [3.8, 4) is 0 Å². The minimum Gasteiger partial charge on any atom is -0.545 e. The Morgan fingerprint density at radius 3 is 1.56 bits per heavy atom. The summed E-state index contributed by atoms with van der Waals surface area (Å²) < 4.78 is 0. The molecule has 0 aliphatic heterocycles. The molecule has 0 saturated carbocycles. The van der Waals surface area contributed by atoms with Crippen LogP contribution in [0.15, 0.2) is 25.8 Å². The molecule has 0 aromatic rings. The van der Waals surface area contributed by atoms with E-state index in [9.17, 15) is 0 Å². The number of hydrogen-bond donors (Lipinski definition) is 0. The van der Waals surface area contributed by atoms with Crippen molar-refractivity contribution >= 4 is 5.97 Å². The maximum atomic E-state index is 9.14. The van der Waals surface area contributed by atoms with E-state index in [0.717, 1.165) is 6.08 Å². The number of carboxylic acids is 1. The number of hydrogen-bond acceptors (Lipinski definition) is 2. The van der Waals surface area contributed by atoms with Gasteiger partial charge in [0.1, 0.15) is 0 Å². The molecule has 0 amide bonds. The second kappa shape index (κ2) is 25.6. The largest absolute Gasteiger partial charge is 2.00 e. The Balaban J connectivity index is -0.0000000286. The van der Waals surface area contributed by atoms with Crippen LogP contribution in [0.1, 0.15) is 0 Å². The topological polar surface area (TPSA) is 40.1 Å². The van der Waals surface area contributed by atoms with Gasteiger partial charge in [0.2, 0.25) is 0 Å². The normalized spacial score (nSPS) is 4.00. The van der Waals surface area contributed by atoms with Gasteiger partial charge >= 0.3 is 19.5 Å². The van der Waals surface area contributed by atoms with Crippen molar-refractivity contribution in [1.29, 1.82) is 0 Å². The number of carbonyl (C=O) groups is 1. The Morgan fingerprint density at radius 2 is 1.56 bits per heavy atom. The van der Waals surface area contributed by atoms with Gasteiger partial charge in [-0.15, -0.1) is 13.2 Å². The van der Waals surface area contributed by atoms with Gasteiger partial charge in [-0.05, 0) is 6.08 Å². The first-order chi connectivity index (χ1) is 3.27. The molecule has 0 aromatic heterocycles. The number of aliphatic carboxylic acids is 1. The van der Waals surface area contributed by atoms with Crippen LogP contribution in [-0.4, -0.2) is 5.97 Å². The average molecular weight is 180 g/mol. The van der Waals surface area contributed by atoms with Crippen LogP contribution in [0, 0.1) is 7.43 Å². The van der Waals surface area contributed by atoms with Crippen LogP contribution in [0.2, 0.25) is 0 Å². The molecule has 0 aromatic carbocycles. The van der Waals surface area contributed by atoms with E-state index in [0.29, 0.717) is 0 Å². The summed E-state index contributed by atoms with van der Waals surface area (Å²) in [4.78, 5) is 9.14. The zero-order valence-electron chi connectivity index (χ0n) is 5.72. The predicted octanol–water partition coefficient (Wildman–Crippen LogP) is 0.172. The molecular formula is C6H10O2Zn. The van der Waals surface area contributed by atoms with Gasteiger partial charge < -0.3 is 17.3 Å². The van der Waals surface area contributed by atoms with E-state index in [4.69, 9.17) is 9.90 Å². The van der Waals surface area contributed by atoms with E-state index in [1.54, 1.807) is 0 Å². The molecule has 2 nitrogen and oxygen atoms in total. The summed E-state index contributed by atoms with van der Waals surface area (Å²) in [6.07, 6.45) is 0.722. The fourth-order valence-electron chi connectivity index (χ4n) is 0. The van der Waals surface area contributed by atoms with E-state index >= 15 is 0 Å². The molecule has 0 aliphatic rings. The summed E-state index contributed by atoms with van der Waals surface area (Å²) >= 11 is 0. The molecule has 0 saturated heterocycles. The molecule has 0 atom stereocenters. The van der Waals surface area contributed by atoms with E-state index < -0.39 is 5.97 Å². The van der Waals surface area contributed by atoms with Gasteiger partial charge in [0, 0.05) is 0 Å². The third kappa shape index (κ3) is 95.0. The summed E-state index contributed by atoms with van der Waals surface area (Å²) in [5, 5.41) is 9.14. The molecule has 0 bridgehead atoms. The van der Waals surface area contributed by atoms with Gasteiger partial charge in [0.15, 0.2) is 0 Å². The van der Waals surface area contributed by atoms with Crippen molar-refractivity contribution in [1.82, 2.24) is 0 Å². The van der Waals surface area contributed by atoms with Gasteiger partial charge in [-0.1, -0.05) is 6.58 Å². The molecule has 48 valence electrons. The van der Waals surface area contributed by atoms with Crippen LogP contribution >= 0.6 is 0 Å². The third-order valence-electron chi connectivity index (χ3n) is 0.167. The smallest absolute Gasteiger partial charge is 0.545 e. The minimum atomic E-state index is -1.23. The van der Waals surface area contributed by atoms with Crippen molar-refractivity contribution in [3.05, 3.63) is 33.2 Å². The Labute approximate surface area is 69.0 Å². The van der Waals surface area contributed by atoms with E-state index in [2.05, 4.69) is 19.7 Å². The van der Waals surface area contributed by atoms with Crippen LogP contribution in [0.5, 0.6) is 0 Å². The van der Waals surface area contributed by atoms with Crippen LogP contribution in [-0.2, 0) is 24.3 Å². The van der Waals surface area contributed by atoms with Gasteiger partial charge in [0.05, 0.1) is 5.97 Å². The maximum Gasteiger partial charge on any atom is 2.00 e. The summed E-state index contributed by atoms with van der Waals surface area (Å²) in [5.41, 5.74) is 0. The summed E-state index contributed by atoms with van der Waals surface area (Å²) in [6.45, 7) is 8.90. The van der Waals surface area contributed by atoms with E-state index in [1.807, 2.05) is 0 Å². The molecular weight excluding hydrogens is 169 g/mol. The number of carbonyl (C=O) groups excluding carboxylic acids is 1. The van der Waals surface area contributed by atoms with Crippen LogP contribution in [0.4, 0.5) is 0 Å². The standard InChI is InChI=1S/C3H4O2.C2H4.CH3.Zn/c1-2-3(4)5;1-2;;/h2H,1H2,(H,4,5);1-2H2;1H3;/q;;-1;+2/p-1. The van der Waals surface area contributed by atoms with Gasteiger partial charge in [-0.2, -0.15) is 0 Å². The van der Waals surface area contributed by atoms with E-state index in [1.165, 1.54) is 0 Å². The fraction of sp³-hybridized carbons (Fsp3) is 0. The van der Waals surface area contributed by atoms with Crippen LogP contribution < -0.4 is 5.11 Å². The molecule has 0 fully saturated rings. The Hall–Kier alpha value is -0.427. The quantitative estimate of drug-likeness (QED) is 0.249. The first-order valence-electron chi connectivity index (χ1n) is 1.61. The monoisotopic (exact) mass is 178 g/mol. The third-order valence-corrected chi connectivity index (χ3v) is 0.167. The first kappa shape index (κ1) is 23.5. The molecule has 0 rings (SSSR count). The molecule has 0 spiro atoms. The van der Waals surface area contributed by atoms with Crippen molar-refractivity contribution in [2.24, 2.45) is 0 Å². The number of rotatable bonds is 1. The van der Waals surface area contributed by atoms with Crippen molar-refractivity contribution < 1.29 is 29.4 Å². The molecule has 0 radical (unpaired) electrons. The Bertz CT molecular complexity index is 71.5.